The van der Waals surface area contributed by atoms with Crippen LogP contribution in [-0.4, -0.2) is 0 Å². The summed E-state index contributed by atoms with van der Waals surface area (Å²) in [5.41, 5.74) is 0. The molecule has 0 heteroatoms. The summed E-state index contributed by atoms with van der Waals surface area (Å²) in [6, 6.07) is 0. The second kappa shape index (κ2) is 113. The predicted octanol–water partition coefficient (Wildman–Crippen LogP) is 0.494. The Kier molecular flexibility index (Phi) is 88.0. The second-order valence-corrected chi connectivity index (χ2v) is 18.0. The standard InChI is InChI=1S/C146H2/c1-3-5-7-9-11-13-15-17-19-21-23-25-27-29-31-33-35-37-39-41-43-45-47-49-51-53-55-57-59-61-63-65-67-69-71-73-75-77-79-81-83-85-87-89-91-93-95-97-99-101-103-105-107-109-111-113-115-117-119-121-123-125-127-129-131-133-135-137-139-141-143-145-146-144-142-140-138-136-134-132-130-128-126-124-122-120-118-116-114-112-110-108-106-104-102-100-98-96-94-92-90-88-86-84-82-80-78-76-74-72-70-68-66-64-62-60-58-56-54-52-50-48-46-44-42-40-38-36-34-32-30-28-26-24-22-20-18-16-14-12-10-8-6-4-2/h1-2H. The lowest BCUT2D eigenvalue weighted by Gasteiger charge is -1.58. The zero-order valence-electron chi connectivity index (χ0n) is 73.2. The van der Waals surface area contributed by atoms with Crippen molar-refractivity contribution in [1.29, 1.82) is 0 Å². The Morgan fingerprint density at radius 2 is 0.0548 bits per heavy atom. The van der Waals surface area contributed by atoms with Crippen LogP contribution in [0.25, 0.3) is 0 Å². The SMILES string of the molecule is C#CC#CC#CC#CC#CC#CC#CC#CC#CC#CC#CC#CC#CC#CC#CC#CC#CC#CC#CC#CC#CC#CC#CC#CC#CC#CC#CC#CC#CC#CC#CC#CC#CC#CC#CC#CC#CC#CC#CC#CC#CC#CC#CC#CC#CC#CC#CC#CC#CC#CC#CC#CC#CC#CC#CC#CC#CC#CC#CC#CC#CC#CC#CC#CC#CC#CC#CC#CC#CC#CC#CC#CC#C. The molecule has 0 atom stereocenters. The van der Waals surface area contributed by atoms with Gasteiger partial charge in [-0.3, -0.25) is 0 Å². The lowest BCUT2D eigenvalue weighted by molar-refractivity contribution is 2.31. The van der Waals surface area contributed by atoms with E-state index >= 15 is 0 Å². The molecule has 0 aliphatic heterocycles. The maximum Gasteiger partial charge on any atom is 0 e. The Bertz CT molecular complexity index is 9620. The Labute approximate surface area is 859 Å². The maximum atomic E-state index is 4.96. The molecule has 0 saturated carbocycles. The summed E-state index contributed by atoms with van der Waals surface area (Å²) >= 11 is 0. The molecule has 0 aromatic carbocycles. The quantitative estimate of drug-likeness (QED) is 0.311. The number of hydrogen-bond donors (Lipinski definition) is 0. The molecule has 0 aliphatic rings. The molecule has 0 heterocycles. The minimum Gasteiger partial charge on any atom is -0.106 e. The van der Waals surface area contributed by atoms with E-state index in [1.165, 1.54) is 0 Å². The lowest BCUT2D eigenvalue weighted by atomic mass is 10.4. The largest absolute Gasteiger partial charge is 0.106 e. The van der Waals surface area contributed by atoms with Gasteiger partial charge >= 0.3 is 0 Å². The van der Waals surface area contributed by atoms with Crippen LogP contribution in [0.3, 0.4) is 0 Å². The average Bonchev–Trinajstić information content (AvgIpc) is 1.11. The normalized spacial score (nSPS) is 3.96. The third-order valence-electron chi connectivity index (χ3n) is 8.96. The average molecular weight is 1760 g/mol. The number of terminal acetylenes is 2. The fraction of sp³-hybridized carbons (Fsp3) is 0. The van der Waals surface area contributed by atoms with Gasteiger partial charge in [0.15, 0.2) is 0 Å². The first-order valence-electron chi connectivity index (χ1n) is 36.3. The molecule has 0 N–H and O–H groups in total. The molecule has 0 aromatic rings. The van der Waals surface area contributed by atoms with E-state index in [4.69, 9.17) is 12.8 Å². The van der Waals surface area contributed by atoms with Crippen LogP contribution in [-0.2, 0) is 0 Å². The van der Waals surface area contributed by atoms with Gasteiger partial charge in [-0.1, -0.05) is 0 Å². The van der Waals surface area contributed by atoms with Crippen molar-refractivity contribution in [3.63, 3.8) is 0 Å². The molecule has 586 valence electrons. The Balaban J connectivity index is 4.66. The van der Waals surface area contributed by atoms with E-state index in [-0.39, 0.29) is 0 Å². The monoisotopic (exact) mass is 1750 g/mol. The van der Waals surface area contributed by atoms with Gasteiger partial charge in [-0.15, -0.1) is 12.8 Å². The van der Waals surface area contributed by atoms with Crippen molar-refractivity contribution < 1.29 is 0 Å². The van der Waals surface area contributed by atoms with Gasteiger partial charge in [0.1, 0.15) is 0 Å². The summed E-state index contributed by atoms with van der Waals surface area (Å²) in [6.07, 6.45) is 9.91. The van der Waals surface area contributed by atoms with Crippen LogP contribution in [0.2, 0.25) is 0 Å². The zero-order valence-corrected chi connectivity index (χ0v) is 73.2. The van der Waals surface area contributed by atoms with Crippen molar-refractivity contribution in [2.75, 3.05) is 0 Å². The molecule has 0 radical (unpaired) electrons. The van der Waals surface area contributed by atoms with E-state index in [0.717, 1.165) is 0 Å². The van der Waals surface area contributed by atoms with Gasteiger partial charge in [-0.05, 0) is 94.7 Å². The van der Waals surface area contributed by atoms with Crippen molar-refractivity contribution in [3.05, 3.63) is 0 Å². The minimum atomic E-state index is 2.12. The van der Waals surface area contributed by atoms with Gasteiger partial charge in [-0.2, -0.15) is 0 Å². The third-order valence-corrected chi connectivity index (χ3v) is 8.96. The van der Waals surface area contributed by atoms with Crippen LogP contribution >= 0.6 is 0 Å². The van der Waals surface area contributed by atoms with Crippen LogP contribution in [0.5, 0.6) is 0 Å². The molecule has 0 amide bonds. The van der Waals surface area contributed by atoms with Gasteiger partial charge < -0.3 is 0 Å². The summed E-state index contributed by atoms with van der Waals surface area (Å²) < 4.78 is 0. The fourth-order valence-corrected chi connectivity index (χ4v) is 4.45. The molecule has 0 saturated heterocycles. The summed E-state index contributed by atoms with van der Waals surface area (Å²) in [7, 11) is 0. The highest BCUT2D eigenvalue weighted by molar-refractivity contribution is 5.60. The predicted molar refractivity (Wildman–Crippen MR) is 570 cm³/mol. The molecule has 0 rings (SSSR count). The highest BCUT2D eigenvalue weighted by Crippen LogP contribution is 1.72. The van der Waals surface area contributed by atoms with Crippen molar-refractivity contribution in [2.24, 2.45) is 0 Å². The van der Waals surface area contributed by atoms with Gasteiger partial charge in [0.2, 0.25) is 0 Å². The van der Waals surface area contributed by atoms with E-state index in [2.05, 4.69) is 853 Å². The van der Waals surface area contributed by atoms with E-state index < -0.39 is 0 Å². The van der Waals surface area contributed by atoms with Gasteiger partial charge in [0.05, 0.1) is 0 Å². The van der Waals surface area contributed by atoms with Crippen molar-refractivity contribution in [2.45, 2.75) is 0 Å². The molecule has 0 bridgehead atoms. The highest BCUT2D eigenvalue weighted by atomic mass is 13.7. The molecule has 0 nitrogen and oxygen atoms in total. The van der Waals surface area contributed by atoms with Crippen LogP contribution in [0, 0.1) is 865 Å². The highest BCUT2D eigenvalue weighted by Gasteiger charge is 1.72. The van der Waals surface area contributed by atoms with E-state index in [1.807, 2.05) is 0 Å². The van der Waals surface area contributed by atoms with E-state index in [1.54, 1.807) is 0 Å². The third kappa shape index (κ3) is 112. The minimum absolute atomic E-state index is 2.12. The Morgan fingerprint density at radius 1 is 0.0342 bits per heavy atom. The smallest absolute Gasteiger partial charge is 0 e. The van der Waals surface area contributed by atoms with Crippen LogP contribution in [0.4, 0.5) is 0 Å². The first-order chi connectivity index (χ1) is 72.9. The van der Waals surface area contributed by atoms with Crippen molar-refractivity contribution in [1.82, 2.24) is 0 Å². The second-order valence-electron chi connectivity index (χ2n) is 18.0. The van der Waals surface area contributed by atoms with Gasteiger partial charge in [0, 0.05) is 758 Å². The zero-order chi connectivity index (χ0) is 104. The molecule has 0 unspecified atom stereocenters. The summed E-state index contributed by atoms with van der Waals surface area (Å²) in [6.45, 7) is 0. The number of hydrogen-bond acceptors (Lipinski definition) is 0. The lowest BCUT2D eigenvalue weighted by Crippen LogP contribution is -1.57. The van der Waals surface area contributed by atoms with Crippen molar-refractivity contribution >= 4 is 0 Å². The molecule has 0 spiro atoms. The first-order valence-corrected chi connectivity index (χ1v) is 36.3. The van der Waals surface area contributed by atoms with Gasteiger partial charge in [0.25, 0.3) is 0 Å². The Hall–Kier alpha value is -32.1. The van der Waals surface area contributed by atoms with Crippen LogP contribution in [0.1, 0.15) is 0 Å². The first kappa shape index (κ1) is 114. The molecule has 0 fully saturated rings. The van der Waals surface area contributed by atoms with Crippen molar-refractivity contribution in [3.8, 4) is 865 Å². The number of rotatable bonds is 0. The molecule has 0 aromatic heterocycles. The van der Waals surface area contributed by atoms with E-state index in [9.17, 15) is 0 Å². The van der Waals surface area contributed by atoms with E-state index in [0.29, 0.717) is 0 Å². The molecular weight excluding hydrogens is 1750 g/mol. The van der Waals surface area contributed by atoms with Crippen LogP contribution in [0.15, 0.2) is 0 Å². The summed E-state index contributed by atoms with van der Waals surface area (Å²) in [5.74, 6) is 358. The topological polar surface area (TPSA) is 0 Å². The molecular formula is C146H2. The summed E-state index contributed by atoms with van der Waals surface area (Å²) in [4.78, 5) is 0. The summed E-state index contributed by atoms with van der Waals surface area (Å²) in [5, 5.41) is 0. The molecule has 146 heavy (non-hydrogen) atoms. The fourth-order valence-electron chi connectivity index (χ4n) is 4.45. The van der Waals surface area contributed by atoms with Gasteiger partial charge in [-0.25, -0.2) is 0 Å². The van der Waals surface area contributed by atoms with Crippen LogP contribution < -0.4 is 0 Å². The maximum absolute atomic E-state index is 4.96. The Morgan fingerprint density at radius 3 is 0.0753 bits per heavy atom. The molecule has 0 aliphatic carbocycles.